The van der Waals surface area contributed by atoms with Crippen LogP contribution < -0.4 is 5.32 Å². The third-order valence-corrected chi connectivity index (χ3v) is 4.64. The summed E-state index contributed by atoms with van der Waals surface area (Å²) in [6.45, 7) is 2.72. The van der Waals surface area contributed by atoms with Crippen molar-refractivity contribution in [1.29, 1.82) is 0 Å². The van der Waals surface area contributed by atoms with Crippen molar-refractivity contribution in [2.24, 2.45) is 7.05 Å². The van der Waals surface area contributed by atoms with E-state index in [0.29, 0.717) is 22.4 Å². The number of halogens is 1. The number of nitrogens with zero attached hydrogens (tertiary/aromatic N) is 5. The molecule has 3 aromatic rings. The smallest absolute Gasteiger partial charge is 0.234 e. The molecule has 0 aliphatic carbocycles. The first-order valence-electron chi connectivity index (χ1n) is 7.67. The van der Waals surface area contributed by atoms with Gasteiger partial charge in [0, 0.05) is 30.5 Å². The molecule has 0 radical (unpaired) electrons. The molecule has 9 heteroatoms. The number of amides is 1. The number of carbonyl (C=O) groups excluding carboxylic acids is 1. The van der Waals surface area contributed by atoms with Gasteiger partial charge < -0.3 is 9.88 Å². The van der Waals surface area contributed by atoms with E-state index in [1.807, 2.05) is 24.7 Å². The number of hydrogen-bond acceptors (Lipinski definition) is 5. The van der Waals surface area contributed by atoms with Gasteiger partial charge in [0.2, 0.25) is 5.91 Å². The van der Waals surface area contributed by atoms with Gasteiger partial charge in [-0.3, -0.25) is 9.48 Å². The van der Waals surface area contributed by atoms with Crippen molar-refractivity contribution >= 4 is 35.0 Å². The summed E-state index contributed by atoms with van der Waals surface area (Å²) < 4.78 is 3.68. The lowest BCUT2D eigenvalue weighted by atomic mass is 10.3. The quantitative estimate of drug-likeness (QED) is 0.669. The summed E-state index contributed by atoms with van der Waals surface area (Å²) in [5.74, 6) is 0.853. The van der Waals surface area contributed by atoms with E-state index in [1.165, 1.54) is 11.8 Å². The number of thioether (sulfide) groups is 1. The van der Waals surface area contributed by atoms with Gasteiger partial charge in [-0.25, -0.2) is 0 Å². The van der Waals surface area contributed by atoms with Crippen LogP contribution in [-0.4, -0.2) is 36.2 Å². The molecule has 130 valence electrons. The number of hydrogen-bond donors (Lipinski definition) is 1. The van der Waals surface area contributed by atoms with Crippen molar-refractivity contribution in [3.63, 3.8) is 0 Å². The summed E-state index contributed by atoms with van der Waals surface area (Å²) in [7, 11) is 1.85. The highest BCUT2D eigenvalue weighted by molar-refractivity contribution is 7.99. The molecule has 1 amide bonds. The van der Waals surface area contributed by atoms with Crippen molar-refractivity contribution in [3.05, 3.63) is 41.7 Å². The molecule has 25 heavy (non-hydrogen) atoms. The predicted octanol–water partition coefficient (Wildman–Crippen LogP) is 3.08. The zero-order valence-corrected chi connectivity index (χ0v) is 15.4. The van der Waals surface area contributed by atoms with Gasteiger partial charge in [-0.05, 0) is 25.1 Å². The standard InChI is InChI=1S/C16H17ClN6OS/c1-3-23-15(11-8-18-22(2)9-11)20-21-16(23)25-10-14(24)19-13-6-4-5-12(17)7-13/h4-9H,3,10H2,1-2H3,(H,19,24). The van der Waals surface area contributed by atoms with Gasteiger partial charge in [0.25, 0.3) is 0 Å². The first-order chi connectivity index (χ1) is 12.1. The summed E-state index contributed by atoms with van der Waals surface area (Å²) >= 11 is 7.26. The average molecular weight is 377 g/mol. The molecule has 0 spiro atoms. The Morgan fingerprint density at radius 3 is 2.88 bits per heavy atom. The van der Waals surface area contributed by atoms with Crippen molar-refractivity contribution in [3.8, 4) is 11.4 Å². The normalized spacial score (nSPS) is 10.8. The van der Waals surface area contributed by atoms with Gasteiger partial charge in [-0.15, -0.1) is 10.2 Å². The molecule has 0 unspecified atom stereocenters. The van der Waals surface area contributed by atoms with E-state index in [0.717, 1.165) is 11.4 Å². The maximum absolute atomic E-state index is 12.1. The predicted molar refractivity (Wildman–Crippen MR) is 98.7 cm³/mol. The van der Waals surface area contributed by atoms with Crippen molar-refractivity contribution in [1.82, 2.24) is 24.5 Å². The molecular weight excluding hydrogens is 360 g/mol. The highest BCUT2D eigenvalue weighted by Gasteiger charge is 2.15. The molecule has 2 heterocycles. The molecular formula is C16H17ClN6OS. The number of benzene rings is 1. The number of rotatable bonds is 6. The molecule has 2 aromatic heterocycles. The van der Waals surface area contributed by atoms with Crippen LogP contribution in [-0.2, 0) is 18.4 Å². The first-order valence-corrected chi connectivity index (χ1v) is 9.03. The fraction of sp³-hybridized carbons (Fsp3) is 0.250. The van der Waals surface area contributed by atoms with Crippen LogP contribution in [0.5, 0.6) is 0 Å². The van der Waals surface area contributed by atoms with E-state index in [9.17, 15) is 4.79 Å². The second-order valence-corrected chi connectivity index (χ2v) is 6.68. The zero-order chi connectivity index (χ0) is 17.8. The highest BCUT2D eigenvalue weighted by atomic mass is 35.5. The van der Waals surface area contributed by atoms with E-state index in [2.05, 4.69) is 20.6 Å². The van der Waals surface area contributed by atoms with E-state index < -0.39 is 0 Å². The van der Waals surface area contributed by atoms with Gasteiger partial charge in [0.1, 0.15) is 0 Å². The maximum Gasteiger partial charge on any atom is 0.234 e. The molecule has 3 rings (SSSR count). The molecule has 0 atom stereocenters. The van der Waals surface area contributed by atoms with Gasteiger partial charge >= 0.3 is 0 Å². The van der Waals surface area contributed by atoms with E-state index in [4.69, 9.17) is 11.6 Å². The van der Waals surface area contributed by atoms with Crippen LogP contribution in [0.3, 0.4) is 0 Å². The van der Waals surface area contributed by atoms with Gasteiger partial charge in [0.05, 0.1) is 17.5 Å². The molecule has 0 saturated carbocycles. The minimum absolute atomic E-state index is 0.124. The second-order valence-electron chi connectivity index (χ2n) is 5.30. The molecule has 1 aromatic carbocycles. The van der Waals surface area contributed by atoms with Crippen molar-refractivity contribution < 1.29 is 4.79 Å². The summed E-state index contributed by atoms with van der Waals surface area (Å²) in [6.07, 6.45) is 3.63. The van der Waals surface area contributed by atoms with Crippen LogP contribution >= 0.6 is 23.4 Å². The Balaban J connectivity index is 1.67. The zero-order valence-electron chi connectivity index (χ0n) is 13.8. The van der Waals surface area contributed by atoms with Gasteiger partial charge in [0.15, 0.2) is 11.0 Å². The molecule has 1 N–H and O–H groups in total. The number of nitrogens with one attached hydrogen (secondary N) is 1. The van der Waals surface area contributed by atoms with E-state index in [-0.39, 0.29) is 11.7 Å². The number of anilines is 1. The number of carbonyl (C=O) groups is 1. The molecule has 0 aliphatic heterocycles. The van der Waals surface area contributed by atoms with Crippen LogP contribution in [0.25, 0.3) is 11.4 Å². The maximum atomic E-state index is 12.1. The third-order valence-electron chi connectivity index (χ3n) is 3.44. The number of aromatic nitrogens is 5. The Labute approximate surface area is 154 Å². The topological polar surface area (TPSA) is 77.6 Å². The van der Waals surface area contributed by atoms with Gasteiger partial charge in [-0.2, -0.15) is 5.10 Å². The minimum Gasteiger partial charge on any atom is -0.325 e. The molecule has 0 aliphatic rings. The summed E-state index contributed by atoms with van der Waals surface area (Å²) in [5, 5.41) is 16.7. The first kappa shape index (κ1) is 17.5. The molecule has 7 nitrogen and oxygen atoms in total. The Kier molecular flexibility index (Phi) is 5.40. The summed E-state index contributed by atoms with van der Waals surface area (Å²) in [5.41, 5.74) is 1.57. The molecule has 0 bridgehead atoms. The Hall–Kier alpha value is -2.32. The highest BCUT2D eigenvalue weighted by Crippen LogP contribution is 2.24. The molecule has 0 fully saturated rings. The monoisotopic (exact) mass is 376 g/mol. The van der Waals surface area contributed by atoms with Crippen LogP contribution in [0.4, 0.5) is 5.69 Å². The Bertz CT molecular complexity index is 890. The second kappa shape index (κ2) is 7.71. The van der Waals surface area contributed by atoms with Crippen LogP contribution in [0.2, 0.25) is 5.02 Å². The fourth-order valence-corrected chi connectivity index (χ4v) is 3.32. The third kappa shape index (κ3) is 4.21. The minimum atomic E-state index is -0.124. The Morgan fingerprint density at radius 2 is 2.20 bits per heavy atom. The molecule has 0 saturated heterocycles. The Morgan fingerprint density at radius 1 is 1.36 bits per heavy atom. The van der Waals surface area contributed by atoms with Crippen molar-refractivity contribution in [2.45, 2.75) is 18.6 Å². The van der Waals surface area contributed by atoms with E-state index >= 15 is 0 Å². The summed E-state index contributed by atoms with van der Waals surface area (Å²) in [6, 6.07) is 7.05. The summed E-state index contributed by atoms with van der Waals surface area (Å²) in [4.78, 5) is 12.1. The largest absolute Gasteiger partial charge is 0.325 e. The average Bonchev–Trinajstić information content (AvgIpc) is 3.18. The van der Waals surface area contributed by atoms with E-state index in [1.54, 1.807) is 35.1 Å². The lowest BCUT2D eigenvalue weighted by molar-refractivity contribution is -0.113. The lowest BCUT2D eigenvalue weighted by Crippen LogP contribution is -2.14. The number of aryl methyl sites for hydroxylation is 1. The lowest BCUT2D eigenvalue weighted by Gasteiger charge is -2.07. The van der Waals surface area contributed by atoms with Crippen LogP contribution in [0.15, 0.2) is 41.8 Å². The van der Waals surface area contributed by atoms with Crippen LogP contribution in [0.1, 0.15) is 6.92 Å². The SMILES string of the molecule is CCn1c(SCC(=O)Nc2cccc(Cl)c2)nnc1-c1cnn(C)c1. The van der Waals surface area contributed by atoms with Crippen LogP contribution in [0, 0.1) is 0 Å². The van der Waals surface area contributed by atoms with Crippen molar-refractivity contribution in [2.75, 3.05) is 11.1 Å². The van der Waals surface area contributed by atoms with Gasteiger partial charge in [-0.1, -0.05) is 29.4 Å². The fourth-order valence-electron chi connectivity index (χ4n) is 2.32.